The Bertz CT molecular complexity index is 871. The lowest BCUT2D eigenvalue weighted by Crippen LogP contribution is -2.29. The minimum atomic E-state index is -0.774. The van der Waals surface area contributed by atoms with Gasteiger partial charge in [-0.25, -0.2) is 4.79 Å². The second-order valence-corrected chi connectivity index (χ2v) is 8.89. The lowest BCUT2D eigenvalue weighted by Gasteiger charge is -2.31. The van der Waals surface area contributed by atoms with Crippen LogP contribution in [-0.2, 0) is 20.7 Å². The number of benzene rings is 2. The smallest absolute Gasteiger partial charge is 0.339 e. The first-order valence-corrected chi connectivity index (χ1v) is 10.5. The summed E-state index contributed by atoms with van der Waals surface area (Å²) in [6, 6.07) is 8.50. The molecule has 1 unspecified atom stereocenters. The number of ether oxygens (including phenoxy) is 2. The summed E-state index contributed by atoms with van der Waals surface area (Å²) in [6.07, 6.45) is 1.32. The van der Waals surface area contributed by atoms with Crippen LogP contribution in [0.5, 0.6) is 0 Å². The summed E-state index contributed by atoms with van der Waals surface area (Å²) in [7, 11) is 1.42. The molecule has 0 fully saturated rings. The molecule has 29 heavy (non-hydrogen) atoms. The van der Waals surface area contributed by atoms with E-state index in [0.29, 0.717) is 0 Å². The van der Waals surface area contributed by atoms with Crippen molar-refractivity contribution < 1.29 is 14.3 Å². The van der Waals surface area contributed by atoms with Gasteiger partial charge in [-0.15, -0.1) is 0 Å². The normalized spacial score (nSPS) is 12.7. The van der Waals surface area contributed by atoms with Crippen LogP contribution in [0.3, 0.4) is 0 Å². The number of aryl methyl sites for hydroxylation is 1. The molecule has 0 aliphatic heterocycles. The lowest BCUT2D eigenvalue weighted by atomic mass is 9.81. The van der Waals surface area contributed by atoms with E-state index in [0.717, 1.165) is 35.1 Å². The van der Waals surface area contributed by atoms with E-state index in [9.17, 15) is 4.79 Å². The molecule has 0 aliphatic rings. The molecule has 2 rings (SSSR count). The zero-order valence-electron chi connectivity index (χ0n) is 19.5. The first kappa shape index (κ1) is 23.2. The predicted octanol–water partition coefficient (Wildman–Crippen LogP) is 6.57. The van der Waals surface area contributed by atoms with Gasteiger partial charge < -0.3 is 9.47 Å². The first-order chi connectivity index (χ1) is 13.5. The largest absolute Gasteiger partial charge is 0.467 e. The van der Waals surface area contributed by atoms with E-state index >= 15 is 0 Å². The van der Waals surface area contributed by atoms with Crippen LogP contribution >= 0.6 is 0 Å². The summed E-state index contributed by atoms with van der Waals surface area (Å²) in [5.41, 5.74) is 8.78. The molecule has 2 aromatic rings. The molecule has 0 radical (unpaired) electrons. The molecule has 0 N–H and O–H groups in total. The molecular formula is C26H36O3. The minimum Gasteiger partial charge on any atom is -0.467 e. The SMILES string of the molecule is CCCc1c(C)c(C)c(C(OC(C)(C)C)C(=O)OC)c(-c2ccc(C)cc2)c1C. The Morgan fingerprint density at radius 2 is 1.55 bits per heavy atom. The van der Waals surface area contributed by atoms with Crippen LogP contribution in [0.15, 0.2) is 24.3 Å². The zero-order chi connectivity index (χ0) is 21.9. The molecule has 3 heteroatoms. The lowest BCUT2D eigenvalue weighted by molar-refractivity contribution is -0.164. The van der Waals surface area contributed by atoms with E-state index in [4.69, 9.17) is 9.47 Å². The number of methoxy groups -OCH3 is 1. The van der Waals surface area contributed by atoms with Crippen molar-refractivity contribution in [3.8, 4) is 11.1 Å². The molecule has 0 amide bonds. The van der Waals surface area contributed by atoms with Gasteiger partial charge in [-0.1, -0.05) is 43.2 Å². The Balaban J connectivity index is 2.90. The van der Waals surface area contributed by atoms with Gasteiger partial charge in [0.05, 0.1) is 12.7 Å². The summed E-state index contributed by atoms with van der Waals surface area (Å²) >= 11 is 0. The van der Waals surface area contributed by atoms with E-state index in [-0.39, 0.29) is 5.97 Å². The topological polar surface area (TPSA) is 35.5 Å². The summed E-state index contributed by atoms with van der Waals surface area (Å²) in [4.78, 5) is 12.9. The average molecular weight is 397 g/mol. The summed E-state index contributed by atoms with van der Waals surface area (Å²) in [6.45, 7) is 16.6. The van der Waals surface area contributed by atoms with E-state index < -0.39 is 11.7 Å². The van der Waals surface area contributed by atoms with Crippen LogP contribution in [0.2, 0.25) is 0 Å². The molecule has 0 aliphatic carbocycles. The molecule has 0 saturated heterocycles. The maximum Gasteiger partial charge on any atom is 0.339 e. The van der Waals surface area contributed by atoms with Gasteiger partial charge in [0.1, 0.15) is 0 Å². The van der Waals surface area contributed by atoms with Crippen LogP contribution in [0.25, 0.3) is 11.1 Å². The molecular weight excluding hydrogens is 360 g/mol. The third-order valence-electron chi connectivity index (χ3n) is 5.51. The van der Waals surface area contributed by atoms with Crippen LogP contribution < -0.4 is 0 Å². The number of hydrogen-bond acceptors (Lipinski definition) is 3. The molecule has 0 saturated carbocycles. The average Bonchev–Trinajstić information content (AvgIpc) is 2.66. The summed E-state index contributed by atoms with van der Waals surface area (Å²) < 4.78 is 11.4. The van der Waals surface area contributed by atoms with Crippen molar-refractivity contribution in [1.82, 2.24) is 0 Å². The third kappa shape index (κ3) is 5.08. The first-order valence-electron chi connectivity index (χ1n) is 10.5. The molecule has 0 aromatic heterocycles. The Hall–Kier alpha value is -2.13. The van der Waals surface area contributed by atoms with Gasteiger partial charge in [0.25, 0.3) is 0 Å². The third-order valence-corrected chi connectivity index (χ3v) is 5.51. The highest BCUT2D eigenvalue weighted by Crippen LogP contribution is 2.41. The Labute approximate surface area is 176 Å². The quantitative estimate of drug-likeness (QED) is 0.518. The molecule has 158 valence electrons. The van der Waals surface area contributed by atoms with E-state index in [1.807, 2.05) is 20.8 Å². The standard InChI is InChI=1S/C26H36O3/c1-10-11-21-17(3)18(4)23(24(25(27)28-9)29-26(6,7)8)22(19(21)5)20-14-12-16(2)13-15-20/h12-15,24H,10-11H2,1-9H3. The second kappa shape index (κ2) is 9.13. The van der Waals surface area contributed by atoms with Crippen molar-refractivity contribution in [2.75, 3.05) is 7.11 Å². The second-order valence-electron chi connectivity index (χ2n) is 8.89. The van der Waals surface area contributed by atoms with E-state index in [2.05, 4.69) is 58.9 Å². The highest BCUT2D eigenvalue weighted by atomic mass is 16.6. The monoisotopic (exact) mass is 396 g/mol. The highest BCUT2D eigenvalue weighted by molar-refractivity contribution is 5.84. The van der Waals surface area contributed by atoms with Crippen LogP contribution in [0.1, 0.15) is 73.6 Å². The number of carbonyl (C=O) groups is 1. The maximum atomic E-state index is 12.9. The molecule has 0 heterocycles. The molecule has 0 bridgehead atoms. The van der Waals surface area contributed by atoms with Gasteiger partial charge in [0.2, 0.25) is 0 Å². The molecule has 1 atom stereocenters. The van der Waals surface area contributed by atoms with Crippen LogP contribution in [-0.4, -0.2) is 18.7 Å². The molecule has 2 aromatic carbocycles. The fourth-order valence-corrected chi connectivity index (χ4v) is 3.98. The summed E-state index contributed by atoms with van der Waals surface area (Å²) in [5.74, 6) is -0.363. The molecule has 3 nitrogen and oxygen atoms in total. The fourth-order valence-electron chi connectivity index (χ4n) is 3.98. The Morgan fingerprint density at radius 1 is 0.966 bits per heavy atom. The summed E-state index contributed by atoms with van der Waals surface area (Å²) in [5, 5.41) is 0. The Kier molecular flexibility index (Phi) is 7.29. The van der Waals surface area contributed by atoms with Gasteiger partial charge in [0.15, 0.2) is 6.10 Å². The number of hydrogen-bond donors (Lipinski definition) is 0. The van der Waals surface area contributed by atoms with Gasteiger partial charge in [-0.2, -0.15) is 0 Å². The van der Waals surface area contributed by atoms with E-state index in [1.54, 1.807) is 0 Å². The van der Waals surface area contributed by atoms with Crippen molar-refractivity contribution in [3.63, 3.8) is 0 Å². The van der Waals surface area contributed by atoms with Crippen molar-refractivity contribution in [3.05, 3.63) is 57.6 Å². The fraction of sp³-hybridized carbons (Fsp3) is 0.500. The van der Waals surface area contributed by atoms with Gasteiger partial charge in [0, 0.05) is 5.56 Å². The van der Waals surface area contributed by atoms with Crippen molar-refractivity contribution in [2.45, 2.75) is 79.9 Å². The van der Waals surface area contributed by atoms with Crippen molar-refractivity contribution >= 4 is 5.97 Å². The predicted molar refractivity (Wildman–Crippen MR) is 120 cm³/mol. The van der Waals surface area contributed by atoms with Crippen LogP contribution in [0, 0.1) is 27.7 Å². The van der Waals surface area contributed by atoms with Crippen molar-refractivity contribution in [2.24, 2.45) is 0 Å². The molecule has 0 spiro atoms. The zero-order valence-corrected chi connectivity index (χ0v) is 19.5. The van der Waals surface area contributed by atoms with Crippen LogP contribution in [0.4, 0.5) is 0 Å². The minimum absolute atomic E-state index is 0.363. The Morgan fingerprint density at radius 3 is 2.03 bits per heavy atom. The van der Waals surface area contributed by atoms with Gasteiger partial charge in [-0.05, 0) is 88.3 Å². The number of rotatable bonds is 6. The highest BCUT2D eigenvalue weighted by Gasteiger charge is 2.33. The van der Waals surface area contributed by atoms with Crippen molar-refractivity contribution in [1.29, 1.82) is 0 Å². The van der Waals surface area contributed by atoms with E-state index in [1.165, 1.54) is 29.4 Å². The van der Waals surface area contributed by atoms with Gasteiger partial charge >= 0.3 is 5.97 Å². The number of esters is 1. The maximum absolute atomic E-state index is 12.9. The number of carbonyl (C=O) groups excluding carboxylic acids is 1. The van der Waals surface area contributed by atoms with Gasteiger partial charge in [-0.3, -0.25) is 0 Å².